The monoisotopic (exact) mass is 558 g/mol. The zero-order chi connectivity index (χ0) is 28.1. The fourth-order valence-corrected chi connectivity index (χ4v) is 9.36. The molecule has 9 nitrogen and oxygen atoms in total. The van der Waals surface area contributed by atoms with Crippen molar-refractivity contribution in [1.82, 2.24) is 0 Å². The maximum atomic E-state index is 13.4. The number of aliphatic hydroxyl groups is 1. The van der Waals surface area contributed by atoms with Crippen LogP contribution in [0.15, 0.2) is 70.1 Å². The molecule has 0 radical (unpaired) electrons. The minimum Gasteiger partial charge on any atom is -0.457 e. The van der Waals surface area contributed by atoms with Gasteiger partial charge in [-0.2, -0.15) is 0 Å². The van der Waals surface area contributed by atoms with E-state index >= 15 is 0 Å². The highest BCUT2D eigenvalue weighted by atomic mass is 16.7. The van der Waals surface area contributed by atoms with Gasteiger partial charge >= 0.3 is 11.9 Å². The highest BCUT2D eigenvalue weighted by Gasteiger charge is 2.98. The number of epoxide rings is 2. The zero-order valence-corrected chi connectivity index (χ0v) is 22.9. The number of esters is 2. The van der Waals surface area contributed by atoms with E-state index in [2.05, 4.69) is 20.8 Å². The Morgan fingerprint density at radius 2 is 1.85 bits per heavy atom. The van der Waals surface area contributed by atoms with Gasteiger partial charge in [-0.1, -0.05) is 51.1 Å². The summed E-state index contributed by atoms with van der Waals surface area (Å²) in [5.74, 6) is -0.849. The second-order valence-electron chi connectivity index (χ2n) is 13.0. The molecule has 212 valence electrons. The van der Waals surface area contributed by atoms with Crippen LogP contribution in [-0.2, 0) is 28.5 Å². The lowest BCUT2D eigenvalue weighted by Gasteiger charge is -2.70. The summed E-state index contributed by atoms with van der Waals surface area (Å²) >= 11 is 0. The highest BCUT2D eigenvalue weighted by Crippen LogP contribution is 2.82. The van der Waals surface area contributed by atoms with Crippen molar-refractivity contribution in [2.24, 2.45) is 17.3 Å². The first-order valence-corrected chi connectivity index (χ1v) is 14.4. The first-order valence-electron chi connectivity index (χ1n) is 14.4. The minimum atomic E-state index is -0.857. The van der Waals surface area contributed by atoms with E-state index in [1.807, 2.05) is 30.3 Å². The van der Waals surface area contributed by atoms with E-state index in [1.165, 1.54) is 12.3 Å². The van der Waals surface area contributed by atoms with Crippen LogP contribution in [0.25, 0.3) is 5.76 Å². The number of carbonyl (C=O) groups excluding carboxylic acids is 2. The third-order valence-corrected chi connectivity index (χ3v) is 11.2. The molecule has 9 heteroatoms. The number of rotatable bonds is 4. The van der Waals surface area contributed by atoms with Gasteiger partial charge in [0.05, 0.1) is 12.4 Å². The van der Waals surface area contributed by atoms with Crippen molar-refractivity contribution in [2.75, 3.05) is 0 Å². The molecule has 0 amide bonds. The van der Waals surface area contributed by atoms with Crippen molar-refractivity contribution < 1.29 is 42.8 Å². The van der Waals surface area contributed by atoms with Crippen molar-refractivity contribution in [3.05, 3.63) is 77.0 Å². The quantitative estimate of drug-likeness (QED) is 0.338. The maximum absolute atomic E-state index is 13.4. The highest BCUT2D eigenvalue weighted by molar-refractivity contribution is 5.98. The second-order valence-corrected chi connectivity index (χ2v) is 13.0. The van der Waals surface area contributed by atoms with E-state index in [-0.39, 0.29) is 47.4 Å². The topological polar surface area (TPSA) is 120 Å². The number of hydrogen-bond donors (Lipinski definition) is 1. The van der Waals surface area contributed by atoms with Crippen LogP contribution in [0.4, 0.5) is 0 Å². The number of benzene rings is 1. The van der Waals surface area contributed by atoms with Gasteiger partial charge in [0.1, 0.15) is 35.1 Å². The minimum absolute atomic E-state index is 0.0400. The van der Waals surface area contributed by atoms with Crippen LogP contribution >= 0.6 is 0 Å². The summed E-state index contributed by atoms with van der Waals surface area (Å²) in [4.78, 5) is 26.5. The van der Waals surface area contributed by atoms with Crippen molar-refractivity contribution >= 4 is 17.7 Å². The Kier molecular flexibility index (Phi) is 4.39. The molecule has 2 spiro atoms. The van der Waals surface area contributed by atoms with Crippen molar-refractivity contribution in [1.29, 1.82) is 0 Å². The molecule has 4 saturated heterocycles. The second kappa shape index (κ2) is 7.39. The van der Waals surface area contributed by atoms with E-state index in [0.29, 0.717) is 36.0 Å². The lowest BCUT2D eigenvalue weighted by molar-refractivity contribution is -0.366. The van der Waals surface area contributed by atoms with E-state index in [0.717, 1.165) is 0 Å². The Labute approximate surface area is 236 Å². The van der Waals surface area contributed by atoms with Gasteiger partial charge in [0, 0.05) is 34.5 Å². The van der Waals surface area contributed by atoms with Gasteiger partial charge in [0.25, 0.3) is 0 Å². The van der Waals surface area contributed by atoms with E-state index in [4.69, 9.17) is 28.1 Å². The van der Waals surface area contributed by atoms with E-state index in [1.54, 1.807) is 6.07 Å². The fraction of sp³-hybridized carbons (Fsp3) is 0.500. The Balaban J connectivity index is 1.18. The Hall–Kier alpha value is -3.24. The molecular weight excluding hydrogens is 528 g/mol. The summed E-state index contributed by atoms with van der Waals surface area (Å²) in [7, 11) is 0. The number of cyclic esters (lactones) is 1. The number of allylic oxidation sites excluding steroid dienone is 1. The summed E-state index contributed by atoms with van der Waals surface area (Å²) in [6.45, 7) is 6.34. The van der Waals surface area contributed by atoms with Gasteiger partial charge in [-0.05, 0) is 30.9 Å². The van der Waals surface area contributed by atoms with Crippen molar-refractivity contribution in [3.63, 3.8) is 0 Å². The number of aliphatic hydroxyl groups excluding tert-OH is 1. The molecule has 3 aliphatic carbocycles. The number of hydrogen-bond acceptors (Lipinski definition) is 9. The molecule has 1 unspecified atom stereocenters. The predicted octanol–water partition coefficient (Wildman–Crippen LogP) is 3.92. The van der Waals surface area contributed by atoms with Gasteiger partial charge in [0.15, 0.2) is 11.5 Å². The zero-order valence-electron chi connectivity index (χ0n) is 22.9. The Bertz CT molecular complexity index is 1580. The Morgan fingerprint density at radius 3 is 2.56 bits per heavy atom. The molecule has 1 N–H and O–H groups in total. The molecule has 2 aromatic rings. The lowest BCUT2D eigenvalue weighted by Crippen LogP contribution is -2.83. The average molecular weight is 559 g/mol. The molecule has 2 bridgehead atoms. The molecule has 5 aliphatic heterocycles. The van der Waals surface area contributed by atoms with Gasteiger partial charge in [-0.15, -0.1) is 0 Å². The van der Waals surface area contributed by atoms with Crippen LogP contribution < -0.4 is 0 Å². The molecule has 1 aromatic heterocycles. The first kappa shape index (κ1) is 24.4. The Morgan fingerprint density at radius 1 is 1.07 bits per heavy atom. The molecule has 8 aliphatic rings. The summed E-state index contributed by atoms with van der Waals surface area (Å²) < 4.78 is 36.9. The van der Waals surface area contributed by atoms with Crippen molar-refractivity contribution in [2.45, 2.75) is 81.3 Å². The predicted molar refractivity (Wildman–Crippen MR) is 140 cm³/mol. The number of ether oxygens (including phenoxy) is 5. The summed E-state index contributed by atoms with van der Waals surface area (Å²) in [6, 6.07) is 12.3. The number of carbonyl (C=O) groups is 2. The third-order valence-electron chi connectivity index (χ3n) is 11.2. The lowest BCUT2D eigenvalue weighted by atomic mass is 9.41. The number of furan rings is 1. The van der Waals surface area contributed by atoms with Crippen LogP contribution in [0.1, 0.15) is 56.2 Å². The molecule has 10 rings (SSSR count). The van der Waals surface area contributed by atoms with Crippen molar-refractivity contribution in [3.8, 4) is 0 Å². The molecule has 9 atom stereocenters. The van der Waals surface area contributed by atoms with Gasteiger partial charge < -0.3 is 33.2 Å². The smallest absolute Gasteiger partial charge is 0.379 e. The van der Waals surface area contributed by atoms with Crippen LogP contribution in [0.5, 0.6) is 0 Å². The SMILES string of the molecule is CC(C)[C@]12O[C@H]1[C@@H]1O[C@@]13[C@@]1(C)CCC4=C(/C(=C(\OC(=O)c5ccco5)c5ccccc5)OC4=O)[C@@H]1C1C[C@@]3(O1)[C@@H]2O. The molecular formula is C32H30O9. The largest absolute Gasteiger partial charge is 0.457 e. The van der Waals surface area contributed by atoms with Crippen LogP contribution in [0, 0.1) is 17.3 Å². The summed E-state index contributed by atoms with van der Waals surface area (Å²) in [6.07, 6.45) is 1.68. The molecule has 1 aromatic carbocycles. The first-order chi connectivity index (χ1) is 19.7. The maximum Gasteiger partial charge on any atom is 0.379 e. The van der Waals surface area contributed by atoms with E-state index < -0.39 is 40.3 Å². The van der Waals surface area contributed by atoms with Crippen LogP contribution in [-0.4, -0.2) is 58.3 Å². The molecule has 6 heterocycles. The standard InChI is InChI=1S/C32H30O9/c1-15(2)31-24(40-31)25-32(41-25)29(3)12-11-17-20(21(29)19-14-30(32,39-19)28(31)35)23(38-26(17)33)22(16-8-5-4-6-9-16)37-27(34)18-10-7-13-36-18/h4-10,13,15,19,21,24-25,28,35H,11-12,14H2,1-3H3/b23-22+/t19?,21-,24-,25-,28-,29-,30+,31-,32+/m0/s1. The third kappa shape index (κ3) is 2.56. The average Bonchev–Trinajstić information content (AvgIpc) is 3.76. The summed E-state index contributed by atoms with van der Waals surface area (Å²) in [5.41, 5.74) is -0.845. The normalized spacial score (nSPS) is 45.4. The fourth-order valence-electron chi connectivity index (χ4n) is 9.36. The molecule has 2 saturated carbocycles. The molecule has 41 heavy (non-hydrogen) atoms. The van der Waals surface area contributed by atoms with Gasteiger partial charge in [-0.3, -0.25) is 0 Å². The summed E-state index contributed by atoms with van der Waals surface area (Å²) in [5, 5.41) is 11.8. The van der Waals surface area contributed by atoms with E-state index in [9.17, 15) is 14.7 Å². The van der Waals surface area contributed by atoms with Gasteiger partial charge in [-0.25, -0.2) is 9.59 Å². The van der Waals surface area contributed by atoms with Gasteiger partial charge in [0.2, 0.25) is 5.76 Å². The molecule has 6 fully saturated rings. The number of fused-ring (bicyclic) bond motifs is 2. The van der Waals surface area contributed by atoms with Crippen LogP contribution in [0.3, 0.4) is 0 Å². The van der Waals surface area contributed by atoms with Crippen LogP contribution in [0.2, 0.25) is 0 Å².